The Kier molecular flexibility index (Phi) is 5.51. The lowest BCUT2D eigenvalue weighted by atomic mass is 10.1. The monoisotopic (exact) mass is 461 g/mol. The van der Waals surface area contributed by atoms with Crippen LogP contribution in [0.2, 0.25) is 0 Å². The van der Waals surface area contributed by atoms with Crippen molar-refractivity contribution >= 4 is 22.2 Å². The van der Waals surface area contributed by atoms with Crippen LogP contribution in [0.3, 0.4) is 0 Å². The summed E-state index contributed by atoms with van der Waals surface area (Å²) in [5.41, 5.74) is 3.57. The Bertz CT molecular complexity index is 1380. The number of pyridine rings is 1. The minimum Gasteiger partial charge on any atom is -0.461 e. The maximum atomic E-state index is 11.9. The number of aryl methyl sites for hydroxylation is 2. The summed E-state index contributed by atoms with van der Waals surface area (Å²) in [5, 5.41) is 5.04. The first-order valence-electron chi connectivity index (χ1n) is 10.7. The van der Waals surface area contributed by atoms with Crippen molar-refractivity contribution in [2.45, 2.75) is 26.4 Å². The summed E-state index contributed by atoms with van der Waals surface area (Å²) in [4.78, 5) is 28.1. The zero-order valence-corrected chi connectivity index (χ0v) is 19.4. The summed E-state index contributed by atoms with van der Waals surface area (Å²) >= 11 is 1.37. The summed E-state index contributed by atoms with van der Waals surface area (Å²) in [7, 11) is 1.72. The second-order valence-electron chi connectivity index (χ2n) is 7.76. The number of nitrogens with zero attached hydrogens (tertiary/aromatic N) is 7. The number of anilines is 1. The van der Waals surface area contributed by atoms with Gasteiger partial charge in [-0.2, -0.15) is 0 Å². The Hall–Kier alpha value is -3.79. The van der Waals surface area contributed by atoms with Crippen molar-refractivity contribution in [3.8, 4) is 16.5 Å². The molecule has 168 valence electrons. The fourth-order valence-corrected chi connectivity index (χ4v) is 4.24. The van der Waals surface area contributed by atoms with Crippen molar-refractivity contribution in [3.63, 3.8) is 0 Å². The van der Waals surface area contributed by atoms with Gasteiger partial charge in [-0.1, -0.05) is 13.0 Å². The van der Waals surface area contributed by atoms with E-state index in [1.54, 1.807) is 30.0 Å². The van der Waals surface area contributed by atoms with Crippen molar-refractivity contribution in [1.29, 1.82) is 0 Å². The van der Waals surface area contributed by atoms with Crippen LogP contribution in [0.4, 0.5) is 5.95 Å². The molecule has 4 aromatic heterocycles. The fraction of sp³-hybridized carbons (Fsp3) is 0.261. The zero-order valence-electron chi connectivity index (χ0n) is 18.5. The maximum Gasteiger partial charge on any atom is 0.294 e. The predicted molar refractivity (Wildman–Crippen MR) is 128 cm³/mol. The smallest absolute Gasteiger partial charge is 0.294 e. The Morgan fingerprint density at radius 1 is 1.27 bits per heavy atom. The highest BCUT2D eigenvalue weighted by Crippen LogP contribution is 2.27. The van der Waals surface area contributed by atoms with Crippen molar-refractivity contribution in [2.75, 3.05) is 11.4 Å². The number of ether oxygens (including phenoxy) is 1. The first-order chi connectivity index (χ1) is 16.0. The van der Waals surface area contributed by atoms with Crippen LogP contribution in [0.5, 0.6) is 5.19 Å². The highest BCUT2D eigenvalue weighted by atomic mass is 32.1. The molecule has 1 atom stereocenters. The van der Waals surface area contributed by atoms with Gasteiger partial charge >= 0.3 is 0 Å². The summed E-state index contributed by atoms with van der Waals surface area (Å²) in [6, 6.07) is 3.43. The molecule has 5 rings (SSSR count). The standard InChI is InChI=1S/C23H23N7O2S/c1-4-16-12-24-21(25-13-16)29-9-6-17(7-10-29)15(2)32-23-27-30-14-19(26-22(30)33-23)18-5-8-28(3)20(31)11-18/h5-9,11-15H,4,10H2,1-3H3/t15-/m0/s1. The van der Waals surface area contributed by atoms with Crippen LogP contribution in [0.25, 0.3) is 16.2 Å². The number of imidazole rings is 1. The van der Waals surface area contributed by atoms with Crippen LogP contribution >= 0.6 is 11.3 Å². The molecule has 0 saturated carbocycles. The lowest BCUT2D eigenvalue weighted by Gasteiger charge is -2.23. The van der Waals surface area contributed by atoms with Gasteiger partial charge in [0, 0.05) is 50.0 Å². The fourth-order valence-electron chi connectivity index (χ4n) is 3.43. The third-order valence-corrected chi connectivity index (χ3v) is 6.31. The number of hydrogen-bond donors (Lipinski definition) is 0. The van der Waals surface area contributed by atoms with Gasteiger partial charge in [0.25, 0.3) is 10.8 Å². The lowest BCUT2D eigenvalue weighted by molar-refractivity contribution is 0.256. The molecule has 10 heteroatoms. The molecule has 0 unspecified atom stereocenters. The van der Waals surface area contributed by atoms with Crippen molar-refractivity contribution in [3.05, 3.63) is 76.8 Å². The van der Waals surface area contributed by atoms with Crippen molar-refractivity contribution in [1.82, 2.24) is 29.1 Å². The quantitative estimate of drug-likeness (QED) is 0.435. The molecular formula is C23H23N7O2S. The van der Waals surface area contributed by atoms with Gasteiger partial charge in [0.1, 0.15) is 6.10 Å². The molecule has 9 nitrogen and oxygen atoms in total. The molecule has 0 amide bonds. The summed E-state index contributed by atoms with van der Waals surface area (Å²) < 4.78 is 9.28. The predicted octanol–water partition coefficient (Wildman–Crippen LogP) is 3.24. The highest BCUT2D eigenvalue weighted by Gasteiger charge is 2.17. The first kappa shape index (κ1) is 21.1. The topological polar surface area (TPSA) is 90.4 Å². The number of aromatic nitrogens is 6. The average Bonchev–Trinajstić information content (AvgIpc) is 3.40. The Labute approximate surface area is 194 Å². The summed E-state index contributed by atoms with van der Waals surface area (Å²) in [6.45, 7) is 4.75. The van der Waals surface area contributed by atoms with Gasteiger partial charge in [0.2, 0.25) is 10.9 Å². The SMILES string of the molecule is CCc1cnc(N2C=CC([C@H](C)Oc3nn4cc(-c5ccn(C)c(=O)c5)nc4s3)=CC2)nc1. The minimum atomic E-state index is -0.167. The van der Waals surface area contributed by atoms with E-state index in [-0.39, 0.29) is 11.7 Å². The van der Waals surface area contributed by atoms with Gasteiger partial charge < -0.3 is 14.2 Å². The Morgan fingerprint density at radius 3 is 2.76 bits per heavy atom. The van der Waals surface area contributed by atoms with Crippen LogP contribution in [0.1, 0.15) is 19.4 Å². The largest absolute Gasteiger partial charge is 0.461 e. The van der Waals surface area contributed by atoms with E-state index in [2.05, 4.69) is 33.1 Å². The van der Waals surface area contributed by atoms with E-state index in [0.29, 0.717) is 28.3 Å². The molecule has 5 heterocycles. The van der Waals surface area contributed by atoms with E-state index in [1.165, 1.54) is 15.9 Å². The molecule has 0 saturated heterocycles. The number of fused-ring (bicyclic) bond motifs is 1. The molecule has 0 bridgehead atoms. The molecule has 0 aliphatic carbocycles. The van der Waals surface area contributed by atoms with Crippen LogP contribution in [0.15, 0.2) is 65.6 Å². The van der Waals surface area contributed by atoms with Crippen molar-refractivity contribution in [2.24, 2.45) is 7.05 Å². The van der Waals surface area contributed by atoms with E-state index >= 15 is 0 Å². The van der Waals surface area contributed by atoms with Gasteiger partial charge in [0.15, 0.2) is 0 Å². The highest BCUT2D eigenvalue weighted by molar-refractivity contribution is 7.18. The van der Waals surface area contributed by atoms with E-state index in [0.717, 1.165) is 23.1 Å². The molecule has 1 aliphatic rings. The van der Waals surface area contributed by atoms with Gasteiger partial charge in [-0.25, -0.2) is 19.5 Å². The minimum absolute atomic E-state index is 0.0772. The average molecular weight is 462 g/mol. The second-order valence-corrected chi connectivity index (χ2v) is 8.68. The lowest BCUT2D eigenvalue weighted by Crippen LogP contribution is -2.24. The zero-order chi connectivity index (χ0) is 22.9. The maximum absolute atomic E-state index is 11.9. The molecule has 0 spiro atoms. The number of rotatable bonds is 6. The van der Waals surface area contributed by atoms with Gasteiger partial charge in [-0.05, 0) is 48.0 Å². The van der Waals surface area contributed by atoms with Gasteiger partial charge in [-0.3, -0.25) is 4.79 Å². The van der Waals surface area contributed by atoms with Gasteiger partial charge in [0.05, 0.1) is 11.9 Å². The van der Waals surface area contributed by atoms with Crippen LogP contribution < -0.4 is 15.2 Å². The third-order valence-electron chi connectivity index (χ3n) is 5.50. The number of hydrogen-bond acceptors (Lipinski definition) is 8. The van der Waals surface area contributed by atoms with E-state index in [1.807, 2.05) is 42.6 Å². The van der Waals surface area contributed by atoms with Crippen LogP contribution in [0, 0.1) is 0 Å². The summed E-state index contributed by atoms with van der Waals surface area (Å²) in [6.07, 6.45) is 14.1. The molecule has 1 aliphatic heterocycles. The first-order valence-corrected chi connectivity index (χ1v) is 11.5. The summed E-state index contributed by atoms with van der Waals surface area (Å²) in [5.74, 6) is 0.681. The molecule has 0 radical (unpaired) electrons. The molecule has 0 N–H and O–H groups in total. The molecule has 0 fully saturated rings. The van der Waals surface area contributed by atoms with E-state index in [4.69, 9.17) is 4.74 Å². The molecule has 0 aromatic carbocycles. The normalized spacial score (nSPS) is 14.5. The van der Waals surface area contributed by atoms with Crippen LogP contribution in [-0.2, 0) is 13.5 Å². The van der Waals surface area contributed by atoms with E-state index in [9.17, 15) is 4.79 Å². The third kappa shape index (κ3) is 4.29. The second kappa shape index (κ2) is 8.62. The molecule has 33 heavy (non-hydrogen) atoms. The molecule has 4 aromatic rings. The molecular weight excluding hydrogens is 438 g/mol. The Balaban J connectivity index is 1.25. The van der Waals surface area contributed by atoms with Gasteiger partial charge in [-0.15, -0.1) is 5.10 Å². The van der Waals surface area contributed by atoms with Crippen molar-refractivity contribution < 1.29 is 4.74 Å². The Morgan fingerprint density at radius 2 is 2.09 bits per heavy atom. The van der Waals surface area contributed by atoms with Crippen LogP contribution in [-0.4, -0.2) is 41.8 Å². The van der Waals surface area contributed by atoms with E-state index < -0.39 is 0 Å².